The van der Waals surface area contributed by atoms with Gasteiger partial charge in [0.2, 0.25) is 0 Å². The average molecular weight is 300 g/mol. The normalized spacial score (nSPS) is 23.9. The van der Waals surface area contributed by atoms with Crippen molar-refractivity contribution < 1.29 is 4.74 Å². The molecule has 1 atom stereocenters. The van der Waals surface area contributed by atoms with E-state index in [4.69, 9.17) is 4.74 Å². The SMILES string of the molecule is CCCc1nc(Br)cc(NC2(C)CCOC2)n1. The second-order valence-corrected chi connectivity index (χ2v) is 5.54. The van der Waals surface area contributed by atoms with Crippen LogP contribution < -0.4 is 5.32 Å². The quantitative estimate of drug-likeness (QED) is 0.869. The third-order valence-electron chi connectivity index (χ3n) is 2.86. The Kier molecular flexibility index (Phi) is 3.99. The minimum absolute atomic E-state index is 0.00270. The summed E-state index contributed by atoms with van der Waals surface area (Å²) in [5.74, 6) is 1.76. The maximum absolute atomic E-state index is 5.42. The second kappa shape index (κ2) is 5.31. The van der Waals surface area contributed by atoms with Gasteiger partial charge in [0.25, 0.3) is 0 Å². The first-order valence-electron chi connectivity index (χ1n) is 6.01. The number of aryl methyl sites for hydroxylation is 1. The molecular formula is C12H18BrN3O. The summed E-state index contributed by atoms with van der Waals surface area (Å²) in [5.41, 5.74) is -0.00270. The molecule has 1 fully saturated rings. The Morgan fingerprint density at radius 2 is 2.35 bits per heavy atom. The van der Waals surface area contributed by atoms with Gasteiger partial charge in [0, 0.05) is 19.1 Å². The monoisotopic (exact) mass is 299 g/mol. The van der Waals surface area contributed by atoms with Gasteiger partial charge in [0.15, 0.2) is 0 Å². The Morgan fingerprint density at radius 1 is 1.53 bits per heavy atom. The Morgan fingerprint density at radius 3 is 3.00 bits per heavy atom. The van der Waals surface area contributed by atoms with Crippen LogP contribution in [0.15, 0.2) is 10.7 Å². The highest BCUT2D eigenvalue weighted by Gasteiger charge is 2.29. The van der Waals surface area contributed by atoms with Crippen molar-refractivity contribution in [3.8, 4) is 0 Å². The lowest BCUT2D eigenvalue weighted by Gasteiger charge is -2.24. The fraction of sp³-hybridized carbons (Fsp3) is 0.667. The fourth-order valence-corrected chi connectivity index (χ4v) is 2.36. The van der Waals surface area contributed by atoms with Crippen LogP contribution in [0, 0.1) is 0 Å². The summed E-state index contributed by atoms with van der Waals surface area (Å²) in [6.07, 6.45) is 2.97. The number of hydrogen-bond donors (Lipinski definition) is 1. The summed E-state index contributed by atoms with van der Waals surface area (Å²) in [5, 5.41) is 3.45. The molecule has 0 aromatic carbocycles. The molecule has 1 aromatic rings. The molecule has 1 saturated heterocycles. The van der Waals surface area contributed by atoms with Crippen molar-refractivity contribution in [1.82, 2.24) is 9.97 Å². The van der Waals surface area contributed by atoms with Crippen LogP contribution in [0.25, 0.3) is 0 Å². The highest BCUT2D eigenvalue weighted by molar-refractivity contribution is 9.10. The molecule has 4 nitrogen and oxygen atoms in total. The van der Waals surface area contributed by atoms with E-state index in [1.807, 2.05) is 6.07 Å². The van der Waals surface area contributed by atoms with Gasteiger partial charge in [-0.3, -0.25) is 0 Å². The van der Waals surface area contributed by atoms with Crippen molar-refractivity contribution in [2.45, 2.75) is 38.6 Å². The van der Waals surface area contributed by atoms with E-state index in [1.54, 1.807) is 0 Å². The third kappa shape index (κ3) is 3.39. The zero-order valence-corrected chi connectivity index (χ0v) is 11.9. The molecule has 1 unspecified atom stereocenters. The maximum atomic E-state index is 5.42. The molecule has 1 aromatic heterocycles. The molecule has 0 radical (unpaired) electrons. The van der Waals surface area contributed by atoms with Crippen LogP contribution in [0.5, 0.6) is 0 Å². The number of halogens is 1. The number of nitrogens with zero attached hydrogens (tertiary/aromatic N) is 2. The van der Waals surface area contributed by atoms with E-state index in [1.165, 1.54) is 0 Å². The second-order valence-electron chi connectivity index (χ2n) is 4.73. The summed E-state index contributed by atoms with van der Waals surface area (Å²) >= 11 is 3.43. The molecule has 0 aliphatic carbocycles. The van der Waals surface area contributed by atoms with Crippen molar-refractivity contribution in [2.75, 3.05) is 18.5 Å². The van der Waals surface area contributed by atoms with E-state index in [2.05, 4.69) is 45.1 Å². The number of aromatic nitrogens is 2. The van der Waals surface area contributed by atoms with Crippen LogP contribution in [-0.4, -0.2) is 28.7 Å². The predicted molar refractivity (Wildman–Crippen MR) is 71.2 cm³/mol. The van der Waals surface area contributed by atoms with Crippen molar-refractivity contribution in [2.24, 2.45) is 0 Å². The van der Waals surface area contributed by atoms with E-state index < -0.39 is 0 Å². The van der Waals surface area contributed by atoms with Gasteiger partial charge in [-0.25, -0.2) is 9.97 Å². The summed E-state index contributed by atoms with van der Waals surface area (Å²) in [6.45, 7) is 5.84. The number of ether oxygens (including phenoxy) is 1. The zero-order chi connectivity index (χ0) is 12.3. The Bertz CT molecular complexity index is 391. The smallest absolute Gasteiger partial charge is 0.132 e. The first-order valence-corrected chi connectivity index (χ1v) is 6.80. The standard InChI is InChI=1S/C12H18BrN3O/c1-3-4-10-14-9(13)7-11(15-10)16-12(2)5-6-17-8-12/h7H,3-6,8H2,1-2H3,(H,14,15,16). The predicted octanol–water partition coefficient (Wildman–Crippen LogP) is 2.78. The highest BCUT2D eigenvalue weighted by atomic mass is 79.9. The Hall–Kier alpha value is -0.680. The highest BCUT2D eigenvalue weighted by Crippen LogP contribution is 2.24. The van der Waals surface area contributed by atoms with E-state index >= 15 is 0 Å². The van der Waals surface area contributed by atoms with Crippen molar-refractivity contribution in [1.29, 1.82) is 0 Å². The zero-order valence-electron chi connectivity index (χ0n) is 10.3. The number of nitrogens with one attached hydrogen (secondary N) is 1. The van der Waals surface area contributed by atoms with Crippen LogP contribution in [-0.2, 0) is 11.2 Å². The Labute approximate surface area is 110 Å². The lowest BCUT2D eigenvalue weighted by Crippen LogP contribution is -2.35. The number of rotatable bonds is 4. The van der Waals surface area contributed by atoms with Crippen LogP contribution >= 0.6 is 15.9 Å². The average Bonchev–Trinajstić information content (AvgIpc) is 2.64. The van der Waals surface area contributed by atoms with Crippen molar-refractivity contribution in [3.63, 3.8) is 0 Å². The molecular weight excluding hydrogens is 282 g/mol. The van der Waals surface area contributed by atoms with Gasteiger partial charge < -0.3 is 10.1 Å². The summed E-state index contributed by atoms with van der Waals surface area (Å²) < 4.78 is 6.26. The van der Waals surface area contributed by atoms with Gasteiger partial charge in [-0.2, -0.15) is 0 Å². The molecule has 1 aliphatic rings. The number of hydrogen-bond acceptors (Lipinski definition) is 4. The van der Waals surface area contributed by atoms with Crippen LogP contribution in [0.4, 0.5) is 5.82 Å². The van der Waals surface area contributed by atoms with E-state index in [0.29, 0.717) is 0 Å². The molecule has 0 spiro atoms. The molecule has 5 heteroatoms. The van der Waals surface area contributed by atoms with Crippen LogP contribution in [0.2, 0.25) is 0 Å². The lowest BCUT2D eigenvalue weighted by molar-refractivity contribution is 0.185. The van der Waals surface area contributed by atoms with Gasteiger partial charge in [-0.1, -0.05) is 6.92 Å². The molecule has 1 aliphatic heterocycles. The topological polar surface area (TPSA) is 47.0 Å². The van der Waals surface area contributed by atoms with E-state index in [0.717, 1.165) is 48.7 Å². The van der Waals surface area contributed by atoms with Gasteiger partial charge >= 0.3 is 0 Å². The molecule has 2 rings (SSSR count). The Balaban J connectivity index is 2.14. The number of anilines is 1. The molecule has 2 heterocycles. The van der Waals surface area contributed by atoms with Gasteiger partial charge in [0.05, 0.1) is 12.1 Å². The van der Waals surface area contributed by atoms with Gasteiger partial charge in [0.1, 0.15) is 16.2 Å². The summed E-state index contributed by atoms with van der Waals surface area (Å²) in [7, 11) is 0. The van der Waals surface area contributed by atoms with E-state index in [9.17, 15) is 0 Å². The molecule has 1 N–H and O–H groups in total. The third-order valence-corrected chi connectivity index (χ3v) is 3.27. The van der Waals surface area contributed by atoms with Crippen LogP contribution in [0.1, 0.15) is 32.5 Å². The van der Waals surface area contributed by atoms with Crippen LogP contribution in [0.3, 0.4) is 0 Å². The van der Waals surface area contributed by atoms with Gasteiger partial charge in [-0.15, -0.1) is 0 Å². The molecule has 94 valence electrons. The van der Waals surface area contributed by atoms with Crippen molar-refractivity contribution in [3.05, 3.63) is 16.5 Å². The van der Waals surface area contributed by atoms with Gasteiger partial charge in [-0.05, 0) is 35.7 Å². The first-order chi connectivity index (χ1) is 8.11. The molecule has 17 heavy (non-hydrogen) atoms. The first kappa shape index (κ1) is 12.8. The summed E-state index contributed by atoms with van der Waals surface area (Å²) in [6, 6.07) is 1.92. The fourth-order valence-electron chi connectivity index (χ4n) is 1.94. The van der Waals surface area contributed by atoms with Crippen molar-refractivity contribution >= 4 is 21.7 Å². The summed E-state index contributed by atoms with van der Waals surface area (Å²) in [4.78, 5) is 8.88. The molecule has 0 amide bonds. The maximum Gasteiger partial charge on any atom is 0.132 e. The largest absolute Gasteiger partial charge is 0.379 e. The lowest BCUT2D eigenvalue weighted by atomic mass is 10.0. The molecule has 0 bridgehead atoms. The van der Waals surface area contributed by atoms with E-state index in [-0.39, 0.29) is 5.54 Å². The minimum Gasteiger partial charge on any atom is -0.379 e. The minimum atomic E-state index is -0.00270. The molecule has 0 saturated carbocycles.